The molecular formula is C12H11BrN4O2S2. The maximum absolute atomic E-state index is 12.6. The maximum atomic E-state index is 12.6. The van der Waals surface area contributed by atoms with E-state index in [0.29, 0.717) is 16.5 Å². The Morgan fingerprint density at radius 3 is 2.90 bits per heavy atom. The van der Waals surface area contributed by atoms with Crippen LogP contribution in [-0.4, -0.2) is 24.9 Å². The van der Waals surface area contributed by atoms with Crippen LogP contribution in [0, 0.1) is 0 Å². The van der Waals surface area contributed by atoms with Gasteiger partial charge in [0.2, 0.25) is 5.03 Å². The van der Waals surface area contributed by atoms with Crippen molar-refractivity contribution in [3.05, 3.63) is 40.3 Å². The molecule has 110 valence electrons. The lowest BCUT2D eigenvalue weighted by molar-refractivity contribution is 0.597. The van der Waals surface area contributed by atoms with E-state index in [-0.39, 0.29) is 5.03 Å². The Balaban J connectivity index is 2.09. The van der Waals surface area contributed by atoms with Gasteiger partial charge in [0.15, 0.2) is 10.8 Å². The summed E-state index contributed by atoms with van der Waals surface area (Å²) in [4.78, 5) is 4.88. The van der Waals surface area contributed by atoms with Crippen molar-refractivity contribution in [2.75, 3.05) is 17.1 Å². The van der Waals surface area contributed by atoms with E-state index in [0.717, 1.165) is 4.47 Å². The number of rotatable bonds is 4. The number of imidazole rings is 1. The zero-order valence-electron chi connectivity index (χ0n) is 10.9. The van der Waals surface area contributed by atoms with E-state index in [4.69, 9.17) is 0 Å². The average Bonchev–Trinajstić information content (AvgIpc) is 2.96. The lowest BCUT2D eigenvalue weighted by Crippen LogP contribution is -2.16. The van der Waals surface area contributed by atoms with Crippen molar-refractivity contribution in [2.24, 2.45) is 0 Å². The Kier molecular flexibility index (Phi) is 3.64. The number of hydrogen-bond donors (Lipinski definition) is 2. The summed E-state index contributed by atoms with van der Waals surface area (Å²) in [6.45, 7) is 0. The van der Waals surface area contributed by atoms with Crippen LogP contribution in [0.1, 0.15) is 0 Å². The van der Waals surface area contributed by atoms with Crippen LogP contribution in [0.25, 0.3) is 4.96 Å². The molecule has 0 spiro atoms. The minimum Gasteiger partial charge on any atom is -0.371 e. The first kappa shape index (κ1) is 14.4. The molecular weight excluding hydrogens is 376 g/mol. The van der Waals surface area contributed by atoms with Crippen LogP contribution in [0.4, 0.5) is 11.5 Å². The smallest absolute Gasteiger partial charge is 0.281 e. The molecule has 0 fully saturated rings. The summed E-state index contributed by atoms with van der Waals surface area (Å²) in [5.74, 6) is 0.323. The standard InChI is InChI=1S/C12H11BrN4O2S2/c1-14-10-11(17-5-6-20-12(17)15-10)21(18,19)16-9-4-2-3-8(13)7-9/h2-7,14,16H,1H3. The highest BCUT2D eigenvalue weighted by molar-refractivity contribution is 9.10. The quantitative estimate of drug-likeness (QED) is 0.722. The predicted molar refractivity (Wildman–Crippen MR) is 87.6 cm³/mol. The molecule has 3 rings (SSSR count). The van der Waals surface area contributed by atoms with Crippen LogP contribution in [-0.2, 0) is 10.0 Å². The third kappa shape index (κ3) is 2.63. The number of nitrogens with zero attached hydrogens (tertiary/aromatic N) is 2. The van der Waals surface area contributed by atoms with Gasteiger partial charge in [-0.2, -0.15) is 8.42 Å². The Hall–Kier alpha value is -1.58. The summed E-state index contributed by atoms with van der Waals surface area (Å²) in [6, 6.07) is 6.97. The normalized spacial score (nSPS) is 11.7. The van der Waals surface area contributed by atoms with Gasteiger partial charge in [-0.05, 0) is 18.2 Å². The third-order valence-electron chi connectivity index (χ3n) is 2.79. The van der Waals surface area contributed by atoms with Crippen LogP contribution in [0.15, 0.2) is 45.3 Å². The molecule has 2 aromatic heterocycles. The highest BCUT2D eigenvalue weighted by Gasteiger charge is 2.25. The van der Waals surface area contributed by atoms with E-state index in [1.165, 1.54) is 11.3 Å². The zero-order valence-corrected chi connectivity index (χ0v) is 14.1. The largest absolute Gasteiger partial charge is 0.371 e. The minimum atomic E-state index is -3.75. The molecule has 0 radical (unpaired) electrons. The second-order valence-electron chi connectivity index (χ2n) is 4.19. The number of aromatic nitrogens is 2. The molecule has 2 heterocycles. The average molecular weight is 387 g/mol. The number of nitrogens with one attached hydrogen (secondary N) is 2. The van der Waals surface area contributed by atoms with Gasteiger partial charge in [0.05, 0.1) is 0 Å². The molecule has 6 nitrogen and oxygen atoms in total. The first-order valence-electron chi connectivity index (χ1n) is 5.93. The minimum absolute atomic E-state index is 0.0984. The fourth-order valence-corrected chi connectivity index (χ4v) is 4.45. The molecule has 0 aliphatic rings. The van der Waals surface area contributed by atoms with Crippen molar-refractivity contribution in [1.82, 2.24) is 9.38 Å². The molecule has 0 aliphatic carbocycles. The molecule has 0 saturated heterocycles. The summed E-state index contributed by atoms with van der Waals surface area (Å²) in [5.41, 5.74) is 0.483. The summed E-state index contributed by atoms with van der Waals surface area (Å²) < 4.78 is 30.2. The van der Waals surface area contributed by atoms with Crippen molar-refractivity contribution >= 4 is 53.8 Å². The molecule has 0 atom stereocenters. The third-order valence-corrected chi connectivity index (χ3v) is 5.44. The highest BCUT2D eigenvalue weighted by Crippen LogP contribution is 2.27. The first-order valence-corrected chi connectivity index (χ1v) is 9.08. The molecule has 3 aromatic rings. The van der Waals surface area contributed by atoms with Crippen LogP contribution in [0.3, 0.4) is 0 Å². The van der Waals surface area contributed by atoms with Crippen molar-refractivity contribution in [2.45, 2.75) is 5.03 Å². The summed E-state index contributed by atoms with van der Waals surface area (Å²) in [6.07, 6.45) is 1.68. The van der Waals surface area contributed by atoms with Gasteiger partial charge in [0.1, 0.15) is 0 Å². The van der Waals surface area contributed by atoms with Gasteiger partial charge in [-0.1, -0.05) is 22.0 Å². The van der Waals surface area contributed by atoms with Crippen molar-refractivity contribution in [3.63, 3.8) is 0 Å². The van der Waals surface area contributed by atoms with Gasteiger partial charge < -0.3 is 5.32 Å². The molecule has 0 saturated carbocycles. The molecule has 0 amide bonds. The lowest BCUT2D eigenvalue weighted by Gasteiger charge is -2.09. The number of thiazole rings is 1. The van der Waals surface area contributed by atoms with E-state index < -0.39 is 10.0 Å². The summed E-state index contributed by atoms with van der Waals surface area (Å²) in [5, 5.41) is 4.71. The molecule has 9 heteroatoms. The first-order chi connectivity index (χ1) is 10.0. The van der Waals surface area contributed by atoms with E-state index in [1.807, 2.05) is 6.07 Å². The Bertz CT molecular complexity index is 901. The van der Waals surface area contributed by atoms with Crippen LogP contribution in [0.2, 0.25) is 0 Å². The molecule has 21 heavy (non-hydrogen) atoms. The number of hydrogen-bond acceptors (Lipinski definition) is 5. The van der Waals surface area contributed by atoms with Crippen LogP contribution < -0.4 is 10.0 Å². The second-order valence-corrected chi connectivity index (χ2v) is 7.57. The van der Waals surface area contributed by atoms with Crippen molar-refractivity contribution in [3.8, 4) is 0 Å². The highest BCUT2D eigenvalue weighted by atomic mass is 79.9. The van der Waals surface area contributed by atoms with Gasteiger partial charge in [0, 0.05) is 28.8 Å². The van der Waals surface area contributed by atoms with E-state index in [2.05, 4.69) is 31.0 Å². The van der Waals surface area contributed by atoms with Crippen molar-refractivity contribution in [1.29, 1.82) is 0 Å². The summed E-state index contributed by atoms with van der Waals surface area (Å²) >= 11 is 4.69. The SMILES string of the molecule is CNc1nc2sccn2c1S(=O)(=O)Nc1cccc(Br)c1. The van der Waals surface area contributed by atoms with Gasteiger partial charge in [-0.3, -0.25) is 9.12 Å². The maximum Gasteiger partial charge on any atom is 0.281 e. The van der Waals surface area contributed by atoms with E-state index >= 15 is 0 Å². The topological polar surface area (TPSA) is 75.5 Å². The van der Waals surface area contributed by atoms with Crippen LogP contribution >= 0.6 is 27.3 Å². The van der Waals surface area contributed by atoms with Gasteiger partial charge in [-0.25, -0.2) is 4.98 Å². The van der Waals surface area contributed by atoms with Gasteiger partial charge >= 0.3 is 0 Å². The number of benzene rings is 1. The number of sulfonamides is 1. The van der Waals surface area contributed by atoms with Gasteiger partial charge in [0.25, 0.3) is 10.0 Å². The van der Waals surface area contributed by atoms with E-state index in [1.54, 1.807) is 41.2 Å². The molecule has 2 N–H and O–H groups in total. The fraction of sp³-hybridized carbons (Fsp3) is 0.0833. The zero-order chi connectivity index (χ0) is 15.0. The van der Waals surface area contributed by atoms with Gasteiger partial charge in [-0.15, -0.1) is 11.3 Å². The Morgan fingerprint density at radius 2 is 2.19 bits per heavy atom. The van der Waals surface area contributed by atoms with Crippen molar-refractivity contribution < 1.29 is 8.42 Å². The lowest BCUT2D eigenvalue weighted by atomic mass is 10.3. The Morgan fingerprint density at radius 1 is 1.38 bits per heavy atom. The fourth-order valence-electron chi connectivity index (χ4n) is 1.94. The van der Waals surface area contributed by atoms with E-state index in [9.17, 15) is 8.42 Å². The number of fused-ring (bicyclic) bond motifs is 1. The number of halogens is 1. The molecule has 0 unspecified atom stereocenters. The van der Waals surface area contributed by atoms with Crippen LogP contribution in [0.5, 0.6) is 0 Å². The molecule has 0 bridgehead atoms. The Labute approximate surface area is 134 Å². The predicted octanol–water partition coefficient (Wildman–Crippen LogP) is 3.00. The number of anilines is 2. The molecule has 1 aromatic carbocycles. The molecule has 0 aliphatic heterocycles. The monoisotopic (exact) mass is 386 g/mol. The second kappa shape index (κ2) is 5.32. The summed E-state index contributed by atoms with van der Waals surface area (Å²) in [7, 11) is -2.11.